The third kappa shape index (κ3) is 4.22. The van der Waals surface area contributed by atoms with Gasteiger partial charge in [0.05, 0.1) is 17.4 Å². The molecule has 2 unspecified atom stereocenters. The molecule has 0 saturated heterocycles. The van der Waals surface area contributed by atoms with E-state index in [9.17, 15) is 9.18 Å². The number of thioether (sulfide) groups is 1. The van der Waals surface area contributed by atoms with Gasteiger partial charge >= 0.3 is 5.97 Å². The second-order valence-corrected chi connectivity index (χ2v) is 8.47. The van der Waals surface area contributed by atoms with Gasteiger partial charge in [0.25, 0.3) is 0 Å². The van der Waals surface area contributed by atoms with Gasteiger partial charge in [0.2, 0.25) is 0 Å². The van der Waals surface area contributed by atoms with Crippen LogP contribution in [0.15, 0.2) is 54.1 Å². The van der Waals surface area contributed by atoms with Gasteiger partial charge in [0.1, 0.15) is 5.82 Å². The van der Waals surface area contributed by atoms with E-state index >= 15 is 0 Å². The lowest BCUT2D eigenvalue weighted by Gasteiger charge is -2.18. The molecule has 2 aromatic rings. The summed E-state index contributed by atoms with van der Waals surface area (Å²) in [5, 5.41) is 0.629. The smallest absolute Gasteiger partial charge is 0.335 e. The molecule has 2 nitrogen and oxygen atoms in total. The van der Waals surface area contributed by atoms with Crippen molar-refractivity contribution >= 4 is 34.9 Å². The first-order valence-electron chi connectivity index (χ1n) is 9.00. The van der Waals surface area contributed by atoms with Crippen LogP contribution < -0.4 is 0 Å². The summed E-state index contributed by atoms with van der Waals surface area (Å²) in [5.41, 5.74) is 3.49. The number of halogens is 2. The van der Waals surface area contributed by atoms with Gasteiger partial charge in [-0.25, -0.2) is 9.18 Å². The highest BCUT2D eigenvalue weighted by molar-refractivity contribution is 8.01. The van der Waals surface area contributed by atoms with Crippen LogP contribution in [-0.2, 0) is 9.53 Å². The number of ether oxygens (including phenoxy) is 1. The number of benzene rings is 2. The summed E-state index contributed by atoms with van der Waals surface area (Å²) in [7, 11) is 0. The van der Waals surface area contributed by atoms with Crippen LogP contribution in [0.4, 0.5) is 4.39 Å². The van der Waals surface area contributed by atoms with Crippen LogP contribution in [0.3, 0.4) is 0 Å². The van der Waals surface area contributed by atoms with E-state index < -0.39 is 0 Å². The zero-order valence-corrected chi connectivity index (χ0v) is 17.1. The lowest BCUT2D eigenvalue weighted by molar-refractivity contribution is -0.138. The molecule has 0 fully saturated rings. The van der Waals surface area contributed by atoms with Gasteiger partial charge in [-0.15, -0.1) is 11.8 Å². The van der Waals surface area contributed by atoms with E-state index in [1.807, 2.05) is 24.3 Å². The summed E-state index contributed by atoms with van der Waals surface area (Å²) in [6, 6.07) is 14.0. The fourth-order valence-corrected chi connectivity index (χ4v) is 5.13. The summed E-state index contributed by atoms with van der Waals surface area (Å²) in [6.45, 7) is 6.33. The minimum absolute atomic E-state index is 0.00443. The van der Waals surface area contributed by atoms with Crippen molar-refractivity contribution in [2.75, 3.05) is 6.61 Å². The Hall–Kier alpha value is -1.78. The summed E-state index contributed by atoms with van der Waals surface area (Å²) < 4.78 is 18.9. The Labute approximate surface area is 168 Å². The molecular weight excluding hydrogens is 383 g/mol. The van der Waals surface area contributed by atoms with Crippen LogP contribution in [0.1, 0.15) is 37.1 Å². The third-order valence-corrected chi connectivity index (χ3v) is 6.65. The van der Waals surface area contributed by atoms with Crippen molar-refractivity contribution < 1.29 is 13.9 Å². The molecule has 0 radical (unpaired) electrons. The van der Waals surface area contributed by atoms with Crippen LogP contribution in [0.5, 0.6) is 0 Å². The molecule has 0 bridgehead atoms. The first kappa shape index (κ1) is 20.0. The highest BCUT2D eigenvalue weighted by atomic mass is 35.5. The van der Waals surface area contributed by atoms with Crippen molar-refractivity contribution in [3.63, 3.8) is 0 Å². The van der Waals surface area contributed by atoms with E-state index in [1.165, 1.54) is 12.1 Å². The molecule has 0 aliphatic carbocycles. The highest BCUT2D eigenvalue weighted by Crippen LogP contribution is 2.55. The molecule has 3 rings (SSSR count). The number of hydrogen-bond acceptors (Lipinski definition) is 3. The van der Waals surface area contributed by atoms with E-state index in [-0.39, 0.29) is 28.2 Å². The van der Waals surface area contributed by atoms with Crippen LogP contribution >= 0.6 is 23.4 Å². The standard InChI is InChI=1S/C22H22ClFO2S/c1-4-26-22(25)19-18(14-7-11-17(24)12-8-14)21(27-20(19)13(2)3)15-5-9-16(23)10-6-15/h5-13,20-21H,4H2,1-3H3. The lowest BCUT2D eigenvalue weighted by atomic mass is 9.89. The van der Waals surface area contributed by atoms with E-state index in [0.29, 0.717) is 17.2 Å². The zero-order valence-electron chi connectivity index (χ0n) is 15.5. The van der Waals surface area contributed by atoms with Gasteiger partial charge in [-0.3, -0.25) is 0 Å². The molecule has 1 aliphatic heterocycles. The van der Waals surface area contributed by atoms with Crippen molar-refractivity contribution in [2.45, 2.75) is 31.3 Å². The highest BCUT2D eigenvalue weighted by Gasteiger charge is 2.41. The Balaban J connectivity index is 2.19. The summed E-state index contributed by atoms with van der Waals surface area (Å²) in [5.74, 6) is -0.340. The average Bonchev–Trinajstić information content (AvgIpc) is 3.04. The normalized spacial score (nSPS) is 19.6. The van der Waals surface area contributed by atoms with Crippen LogP contribution in [0.2, 0.25) is 5.02 Å². The van der Waals surface area contributed by atoms with Crippen LogP contribution in [0, 0.1) is 11.7 Å². The molecule has 0 saturated carbocycles. The number of carbonyl (C=O) groups is 1. The molecule has 5 heteroatoms. The number of esters is 1. The summed E-state index contributed by atoms with van der Waals surface area (Å²) in [6.07, 6.45) is 0. The molecule has 142 valence electrons. The quantitative estimate of drug-likeness (QED) is 0.546. The Morgan fingerprint density at radius 1 is 1.15 bits per heavy atom. The monoisotopic (exact) mass is 404 g/mol. The Kier molecular flexibility index (Phi) is 6.28. The van der Waals surface area contributed by atoms with Gasteiger partial charge in [-0.1, -0.05) is 49.7 Å². The van der Waals surface area contributed by atoms with Gasteiger partial charge in [0.15, 0.2) is 0 Å². The molecule has 1 heterocycles. The van der Waals surface area contributed by atoms with E-state index in [4.69, 9.17) is 16.3 Å². The van der Waals surface area contributed by atoms with Crippen LogP contribution in [-0.4, -0.2) is 17.8 Å². The van der Waals surface area contributed by atoms with Crippen LogP contribution in [0.25, 0.3) is 5.57 Å². The minimum Gasteiger partial charge on any atom is -0.463 e. The first-order chi connectivity index (χ1) is 12.9. The summed E-state index contributed by atoms with van der Waals surface area (Å²) >= 11 is 7.79. The minimum atomic E-state index is -0.300. The van der Waals surface area contributed by atoms with E-state index in [0.717, 1.165) is 16.7 Å². The Morgan fingerprint density at radius 2 is 1.78 bits per heavy atom. The maximum absolute atomic E-state index is 13.5. The Bertz CT molecular complexity index is 844. The molecule has 2 atom stereocenters. The molecule has 0 N–H and O–H groups in total. The molecule has 2 aromatic carbocycles. The average molecular weight is 405 g/mol. The maximum atomic E-state index is 13.5. The maximum Gasteiger partial charge on any atom is 0.335 e. The molecule has 0 spiro atoms. The summed E-state index contributed by atoms with van der Waals surface area (Å²) in [4.78, 5) is 12.9. The van der Waals surface area contributed by atoms with Gasteiger partial charge in [-0.05, 0) is 53.8 Å². The fourth-order valence-electron chi connectivity index (χ4n) is 3.32. The number of carbonyl (C=O) groups excluding carboxylic acids is 1. The lowest BCUT2D eigenvalue weighted by Crippen LogP contribution is -2.20. The van der Waals surface area contributed by atoms with E-state index in [2.05, 4.69) is 13.8 Å². The molecular formula is C22H22ClFO2S. The van der Waals surface area contributed by atoms with Crippen molar-refractivity contribution in [1.29, 1.82) is 0 Å². The van der Waals surface area contributed by atoms with Crippen molar-refractivity contribution in [3.8, 4) is 0 Å². The number of rotatable bonds is 5. The van der Waals surface area contributed by atoms with Gasteiger partial charge in [0, 0.05) is 10.3 Å². The zero-order chi connectivity index (χ0) is 19.6. The van der Waals surface area contributed by atoms with Crippen molar-refractivity contribution in [2.24, 2.45) is 5.92 Å². The second-order valence-electron chi connectivity index (χ2n) is 6.79. The SMILES string of the molecule is CCOC(=O)C1=C(c2ccc(F)cc2)C(c2ccc(Cl)cc2)SC1C(C)C. The second kappa shape index (κ2) is 8.49. The fraction of sp³-hybridized carbons (Fsp3) is 0.318. The molecule has 1 aliphatic rings. The number of hydrogen-bond donors (Lipinski definition) is 0. The van der Waals surface area contributed by atoms with E-state index in [1.54, 1.807) is 30.8 Å². The largest absolute Gasteiger partial charge is 0.463 e. The first-order valence-corrected chi connectivity index (χ1v) is 10.3. The van der Waals surface area contributed by atoms with Gasteiger partial charge in [-0.2, -0.15) is 0 Å². The van der Waals surface area contributed by atoms with Crippen molar-refractivity contribution in [1.82, 2.24) is 0 Å². The predicted octanol–water partition coefficient (Wildman–Crippen LogP) is 6.31. The van der Waals surface area contributed by atoms with Crippen molar-refractivity contribution in [3.05, 3.63) is 76.1 Å². The van der Waals surface area contributed by atoms with Gasteiger partial charge < -0.3 is 4.74 Å². The predicted molar refractivity (Wildman–Crippen MR) is 110 cm³/mol. The molecule has 0 aromatic heterocycles. The molecule has 27 heavy (non-hydrogen) atoms. The molecule has 0 amide bonds. The Morgan fingerprint density at radius 3 is 2.33 bits per heavy atom. The topological polar surface area (TPSA) is 26.3 Å². The third-order valence-electron chi connectivity index (χ3n) is 4.55.